The second-order valence-electron chi connectivity index (χ2n) is 4.85. The molecule has 0 unspecified atom stereocenters. The van der Waals surface area contributed by atoms with Crippen LogP contribution in [0.4, 0.5) is 20.2 Å². The molecule has 2 N–H and O–H groups in total. The molecular formula is C13H18F2N2. The molecule has 2 nitrogen and oxygen atoms in total. The highest BCUT2D eigenvalue weighted by atomic mass is 19.1. The van der Waals surface area contributed by atoms with Gasteiger partial charge in [-0.3, -0.25) is 0 Å². The SMILES string of the molecule is CN(CC1CCCC1)c1cc(F)cc(F)c1N. The molecule has 0 spiro atoms. The monoisotopic (exact) mass is 240 g/mol. The number of anilines is 2. The molecule has 17 heavy (non-hydrogen) atoms. The summed E-state index contributed by atoms with van der Waals surface area (Å²) in [4.78, 5) is 1.86. The Balaban J connectivity index is 2.14. The molecule has 1 aliphatic rings. The quantitative estimate of drug-likeness (QED) is 0.822. The lowest BCUT2D eigenvalue weighted by atomic mass is 10.1. The van der Waals surface area contributed by atoms with Crippen LogP contribution >= 0.6 is 0 Å². The van der Waals surface area contributed by atoms with Crippen LogP contribution in [-0.4, -0.2) is 13.6 Å². The Bertz CT molecular complexity index is 401. The first-order valence-corrected chi connectivity index (χ1v) is 6.03. The number of hydrogen-bond donors (Lipinski definition) is 1. The fourth-order valence-corrected chi connectivity index (χ4v) is 2.57. The van der Waals surface area contributed by atoms with Gasteiger partial charge in [0.05, 0.1) is 11.4 Å². The van der Waals surface area contributed by atoms with Crippen molar-refractivity contribution in [1.82, 2.24) is 0 Å². The highest BCUT2D eigenvalue weighted by Crippen LogP contribution is 2.30. The van der Waals surface area contributed by atoms with E-state index in [4.69, 9.17) is 5.73 Å². The van der Waals surface area contributed by atoms with Gasteiger partial charge in [0.2, 0.25) is 0 Å². The number of halogens is 2. The summed E-state index contributed by atoms with van der Waals surface area (Å²) >= 11 is 0. The summed E-state index contributed by atoms with van der Waals surface area (Å²) in [6, 6.07) is 2.12. The molecule has 1 aromatic carbocycles. The van der Waals surface area contributed by atoms with Gasteiger partial charge in [0.25, 0.3) is 0 Å². The zero-order valence-electron chi connectivity index (χ0n) is 10.0. The smallest absolute Gasteiger partial charge is 0.151 e. The second-order valence-corrected chi connectivity index (χ2v) is 4.85. The maximum absolute atomic E-state index is 13.3. The molecule has 1 fully saturated rings. The molecule has 0 radical (unpaired) electrons. The van der Waals surface area contributed by atoms with Gasteiger partial charge in [-0.25, -0.2) is 8.78 Å². The van der Waals surface area contributed by atoms with Crippen LogP contribution in [0, 0.1) is 17.6 Å². The van der Waals surface area contributed by atoms with E-state index >= 15 is 0 Å². The second kappa shape index (κ2) is 4.90. The summed E-state index contributed by atoms with van der Waals surface area (Å²) in [6.07, 6.45) is 4.90. The predicted molar refractivity (Wildman–Crippen MR) is 66.0 cm³/mol. The van der Waals surface area contributed by atoms with Crippen molar-refractivity contribution in [2.24, 2.45) is 5.92 Å². The Morgan fingerprint density at radius 2 is 1.94 bits per heavy atom. The van der Waals surface area contributed by atoms with Gasteiger partial charge in [0, 0.05) is 19.7 Å². The van der Waals surface area contributed by atoms with Crippen LogP contribution in [0.1, 0.15) is 25.7 Å². The minimum Gasteiger partial charge on any atom is -0.395 e. The summed E-state index contributed by atoms with van der Waals surface area (Å²) in [6.45, 7) is 0.813. The summed E-state index contributed by atoms with van der Waals surface area (Å²) < 4.78 is 26.5. The molecule has 94 valence electrons. The molecule has 0 atom stereocenters. The minimum absolute atomic E-state index is 0.0342. The van der Waals surface area contributed by atoms with Crippen molar-refractivity contribution in [2.45, 2.75) is 25.7 Å². The molecule has 0 saturated heterocycles. The molecule has 1 aliphatic carbocycles. The van der Waals surface area contributed by atoms with Gasteiger partial charge in [-0.2, -0.15) is 0 Å². The predicted octanol–water partition coefficient (Wildman–Crippen LogP) is 3.17. The van der Waals surface area contributed by atoms with Gasteiger partial charge in [-0.15, -0.1) is 0 Å². The van der Waals surface area contributed by atoms with Crippen LogP contribution in [0.15, 0.2) is 12.1 Å². The third kappa shape index (κ3) is 2.68. The normalized spacial score (nSPS) is 16.4. The van der Waals surface area contributed by atoms with Crippen LogP contribution in [0.3, 0.4) is 0 Å². The van der Waals surface area contributed by atoms with Crippen LogP contribution in [0.25, 0.3) is 0 Å². The van der Waals surface area contributed by atoms with Gasteiger partial charge in [-0.1, -0.05) is 12.8 Å². The third-order valence-corrected chi connectivity index (χ3v) is 3.49. The van der Waals surface area contributed by atoms with Crippen LogP contribution in [0.2, 0.25) is 0 Å². The van der Waals surface area contributed by atoms with E-state index in [1.165, 1.54) is 31.7 Å². The first-order chi connectivity index (χ1) is 8.08. The molecule has 0 aliphatic heterocycles. The van der Waals surface area contributed by atoms with Gasteiger partial charge in [0.1, 0.15) is 5.82 Å². The van der Waals surface area contributed by atoms with Gasteiger partial charge in [0.15, 0.2) is 5.82 Å². The number of rotatable bonds is 3. The maximum atomic E-state index is 13.3. The molecule has 2 rings (SSSR count). The van der Waals surface area contributed by atoms with E-state index < -0.39 is 11.6 Å². The number of hydrogen-bond acceptors (Lipinski definition) is 2. The van der Waals surface area contributed by atoms with Gasteiger partial charge < -0.3 is 10.6 Å². The number of benzene rings is 1. The summed E-state index contributed by atoms with van der Waals surface area (Å²) in [5.74, 6) is -0.644. The highest BCUT2D eigenvalue weighted by Gasteiger charge is 2.19. The topological polar surface area (TPSA) is 29.3 Å². The average molecular weight is 240 g/mol. The van der Waals surface area contributed by atoms with E-state index in [0.717, 1.165) is 12.6 Å². The molecule has 0 aromatic heterocycles. The first kappa shape index (κ1) is 12.1. The first-order valence-electron chi connectivity index (χ1n) is 6.03. The lowest BCUT2D eigenvalue weighted by molar-refractivity contribution is 0.543. The zero-order valence-corrected chi connectivity index (χ0v) is 10.0. The molecule has 0 heterocycles. The van der Waals surface area contributed by atoms with Gasteiger partial charge >= 0.3 is 0 Å². The van der Waals surface area contributed by atoms with E-state index in [-0.39, 0.29) is 5.69 Å². The van der Waals surface area contributed by atoms with Gasteiger partial charge in [-0.05, 0) is 24.8 Å². The number of nitrogens with zero attached hydrogens (tertiary/aromatic N) is 1. The maximum Gasteiger partial charge on any atom is 0.151 e. The van der Waals surface area contributed by atoms with Crippen molar-refractivity contribution in [2.75, 3.05) is 24.2 Å². The lowest BCUT2D eigenvalue weighted by Crippen LogP contribution is -2.25. The van der Waals surface area contributed by atoms with E-state index in [0.29, 0.717) is 11.6 Å². The van der Waals surface area contributed by atoms with E-state index in [2.05, 4.69) is 0 Å². The molecular weight excluding hydrogens is 222 g/mol. The highest BCUT2D eigenvalue weighted by molar-refractivity contribution is 5.67. The minimum atomic E-state index is -0.682. The van der Waals surface area contributed by atoms with E-state index in [1.807, 2.05) is 11.9 Å². The summed E-state index contributed by atoms with van der Waals surface area (Å²) in [5, 5.41) is 0. The van der Waals surface area contributed by atoms with Crippen molar-refractivity contribution >= 4 is 11.4 Å². The Kier molecular flexibility index (Phi) is 3.50. The standard InChI is InChI=1S/C13H18F2N2/c1-17(8-9-4-2-3-5-9)12-7-10(14)6-11(15)13(12)16/h6-7,9H,2-5,8,16H2,1H3. The zero-order chi connectivity index (χ0) is 12.4. The third-order valence-electron chi connectivity index (χ3n) is 3.49. The van der Waals surface area contributed by atoms with Crippen molar-refractivity contribution in [1.29, 1.82) is 0 Å². The fraction of sp³-hybridized carbons (Fsp3) is 0.538. The Morgan fingerprint density at radius 3 is 2.59 bits per heavy atom. The summed E-state index contributed by atoms with van der Waals surface area (Å²) in [5.41, 5.74) is 6.13. The van der Waals surface area contributed by atoms with E-state index in [9.17, 15) is 8.78 Å². The molecule has 1 saturated carbocycles. The fourth-order valence-electron chi connectivity index (χ4n) is 2.57. The number of nitrogens with two attached hydrogens (primary N) is 1. The average Bonchev–Trinajstić information content (AvgIpc) is 2.76. The Morgan fingerprint density at radius 1 is 1.29 bits per heavy atom. The van der Waals surface area contributed by atoms with E-state index in [1.54, 1.807) is 0 Å². The van der Waals surface area contributed by atoms with Crippen LogP contribution in [-0.2, 0) is 0 Å². The largest absolute Gasteiger partial charge is 0.395 e. The van der Waals surface area contributed by atoms with Crippen LogP contribution < -0.4 is 10.6 Å². The van der Waals surface area contributed by atoms with Crippen LogP contribution in [0.5, 0.6) is 0 Å². The Hall–Kier alpha value is -1.32. The number of nitrogen functional groups attached to an aromatic ring is 1. The van der Waals surface area contributed by atoms with Crippen molar-refractivity contribution in [3.8, 4) is 0 Å². The molecule has 0 amide bonds. The van der Waals surface area contributed by atoms with Crippen molar-refractivity contribution in [3.05, 3.63) is 23.8 Å². The molecule has 0 bridgehead atoms. The summed E-state index contributed by atoms with van der Waals surface area (Å²) in [7, 11) is 1.84. The lowest BCUT2D eigenvalue weighted by Gasteiger charge is -2.24. The van der Waals surface area contributed by atoms with Crippen molar-refractivity contribution < 1.29 is 8.78 Å². The Labute approximate surface area is 100 Å². The molecule has 4 heteroatoms. The molecule has 1 aromatic rings. The van der Waals surface area contributed by atoms with Crippen molar-refractivity contribution in [3.63, 3.8) is 0 Å².